The van der Waals surface area contributed by atoms with E-state index >= 15 is 0 Å². The third-order valence-electron chi connectivity index (χ3n) is 3.54. The van der Waals surface area contributed by atoms with Gasteiger partial charge in [0.1, 0.15) is 5.75 Å². The molecule has 0 aliphatic rings. The van der Waals surface area contributed by atoms with Crippen LogP contribution in [0.4, 0.5) is 0 Å². The van der Waals surface area contributed by atoms with Gasteiger partial charge in [-0.3, -0.25) is 9.59 Å². The van der Waals surface area contributed by atoms with Gasteiger partial charge in [0.15, 0.2) is 18.1 Å². The van der Waals surface area contributed by atoms with Gasteiger partial charge in [-0.15, -0.1) is 0 Å². The van der Waals surface area contributed by atoms with Crippen molar-refractivity contribution in [3.8, 4) is 17.2 Å². The molecule has 0 fully saturated rings. The number of carbonyl (C=O) groups excluding carboxylic acids is 2. The third kappa shape index (κ3) is 5.70. The Kier molecular flexibility index (Phi) is 7.30. The molecule has 2 N–H and O–H groups in total. The number of benzene rings is 2. The van der Waals surface area contributed by atoms with E-state index in [1.54, 1.807) is 31.4 Å². The molecule has 0 saturated carbocycles. The molecule has 0 bridgehead atoms. The number of nitrogens with one attached hydrogen (secondary N) is 2. The average molecular weight is 358 g/mol. The molecule has 0 atom stereocenters. The van der Waals surface area contributed by atoms with Gasteiger partial charge in [0.25, 0.3) is 5.91 Å². The van der Waals surface area contributed by atoms with Gasteiger partial charge in [-0.1, -0.05) is 30.3 Å². The van der Waals surface area contributed by atoms with Crippen LogP contribution in [0.1, 0.15) is 5.56 Å². The summed E-state index contributed by atoms with van der Waals surface area (Å²) >= 11 is 0. The summed E-state index contributed by atoms with van der Waals surface area (Å²) in [5, 5.41) is 5.23. The van der Waals surface area contributed by atoms with Crippen molar-refractivity contribution in [3.63, 3.8) is 0 Å². The minimum absolute atomic E-state index is 0.136. The standard InChI is InChI=1S/C19H22N2O5/c1-24-15-8-4-3-7-14(15)11-20-18(22)12-21-19(23)13-26-17-10-6-5-9-16(17)25-2/h3-10H,11-13H2,1-2H3,(H,20,22)(H,21,23). The maximum Gasteiger partial charge on any atom is 0.258 e. The Morgan fingerprint density at radius 1 is 0.808 bits per heavy atom. The molecule has 26 heavy (non-hydrogen) atoms. The maximum absolute atomic E-state index is 11.9. The summed E-state index contributed by atoms with van der Waals surface area (Å²) in [5.74, 6) is 0.993. The Hall–Kier alpha value is -3.22. The lowest BCUT2D eigenvalue weighted by Crippen LogP contribution is -2.38. The van der Waals surface area contributed by atoms with Gasteiger partial charge < -0.3 is 24.8 Å². The van der Waals surface area contributed by atoms with Gasteiger partial charge in [-0.2, -0.15) is 0 Å². The predicted octanol–water partition coefficient (Wildman–Crippen LogP) is 1.52. The Morgan fingerprint density at radius 2 is 1.42 bits per heavy atom. The van der Waals surface area contributed by atoms with Crippen LogP contribution in [0.2, 0.25) is 0 Å². The van der Waals surface area contributed by atoms with Crippen LogP contribution < -0.4 is 24.8 Å². The van der Waals surface area contributed by atoms with Crippen molar-refractivity contribution in [3.05, 3.63) is 54.1 Å². The molecular weight excluding hydrogens is 336 g/mol. The number of hydrogen-bond acceptors (Lipinski definition) is 5. The summed E-state index contributed by atoms with van der Waals surface area (Å²) < 4.78 is 15.8. The van der Waals surface area contributed by atoms with E-state index in [0.29, 0.717) is 23.8 Å². The summed E-state index contributed by atoms with van der Waals surface area (Å²) in [4.78, 5) is 23.7. The Balaban J connectivity index is 1.72. The fourth-order valence-electron chi connectivity index (χ4n) is 2.22. The highest BCUT2D eigenvalue weighted by atomic mass is 16.5. The third-order valence-corrected chi connectivity index (χ3v) is 3.54. The average Bonchev–Trinajstić information content (AvgIpc) is 2.69. The van der Waals surface area contributed by atoms with E-state index in [4.69, 9.17) is 14.2 Å². The molecule has 0 radical (unpaired) electrons. The zero-order valence-electron chi connectivity index (χ0n) is 14.8. The van der Waals surface area contributed by atoms with Gasteiger partial charge >= 0.3 is 0 Å². The SMILES string of the molecule is COc1ccccc1CNC(=O)CNC(=O)COc1ccccc1OC. The molecule has 0 saturated heterocycles. The lowest BCUT2D eigenvalue weighted by atomic mass is 10.2. The minimum atomic E-state index is -0.400. The normalized spacial score (nSPS) is 9.92. The topological polar surface area (TPSA) is 85.9 Å². The molecule has 2 rings (SSSR count). The second-order valence-electron chi connectivity index (χ2n) is 5.30. The lowest BCUT2D eigenvalue weighted by Gasteiger charge is -2.11. The van der Waals surface area contributed by atoms with Crippen LogP contribution in [-0.2, 0) is 16.1 Å². The molecule has 0 heterocycles. The van der Waals surface area contributed by atoms with Gasteiger partial charge in [-0.25, -0.2) is 0 Å². The minimum Gasteiger partial charge on any atom is -0.496 e. The first-order valence-electron chi connectivity index (χ1n) is 8.05. The summed E-state index contributed by atoms with van der Waals surface area (Å²) in [6.07, 6.45) is 0. The zero-order valence-corrected chi connectivity index (χ0v) is 14.8. The van der Waals surface area contributed by atoms with Crippen molar-refractivity contribution in [2.75, 3.05) is 27.4 Å². The van der Waals surface area contributed by atoms with Crippen LogP contribution in [-0.4, -0.2) is 39.2 Å². The highest BCUT2D eigenvalue weighted by Crippen LogP contribution is 2.25. The van der Waals surface area contributed by atoms with Crippen LogP contribution in [0, 0.1) is 0 Å². The molecule has 0 aliphatic heterocycles. The fraction of sp³-hybridized carbons (Fsp3) is 0.263. The van der Waals surface area contributed by atoms with Crippen LogP contribution >= 0.6 is 0 Å². The molecule has 2 aromatic rings. The molecular formula is C19H22N2O5. The van der Waals surface area contributed by atoms with Crippen LogP contribution in [0.25, 0.3) is 0 Å². The largest absolute Gasteiger partial charge is 0.496 e. The van der Waals surface area contributed by atoms with Crippen molar-refractivity contribution in [1.82, 2.24) is 10.6 Å². The van der Waals surface area contributed by atoms with E-state index in [0.717, 1.165) is 5.56 Å². The lowest BCUT2D eigenvalue weighted by molar-refractivity contribution is -0.127. The number of amides is 2. The first kappa shape index (κ1) is 19.1. The fourth-order valence-corrected chi connectivity index (χ4v) is 2.22. The monoisotopic (exact) mass is 358 g/mol. The number of rotatable bonds is 9. The Morgan fingerprint density at radius 3 is 2.12 bits per heavy atom. The molecule has 0 aromatic heterocycles. The van der Waals surface area contributed by atoms with E-state index in [9.17, 15) is 9.59 Å². The van der Waals surface area contributed by atoms with Gasteiger partial charge in [0.2, 0.25) is 5.91 Å². The molecule has 0 spiro atoms. The summed E-state index contributed by atoms with van der Waals surface area (Å²) in [5.41, 5.74) is 0.856. The second-order valence-corrected chi connectivity index (χ2v) is 5.30. The van der Waals surface area contributed by atoms with E-state index in [1.807, 2.05) is 24.3 Å². The van der Waals surface area contributed by atoms with Crippen molar-refractivity contribution in [2.24, 2.45) is 0 Å². The first-order chi connectivity index (χ1) is 12.6. The van der Waals surface area contributed by atoms with E-state index in [2.05, 4.69) is 10.6 Å². The second kappa shape index (κ2) is 9.93. The van der Waals surface area contributed by atoms with E-state index in [-0.39, 0.29) is 19.1 Å². The Bertz CT molecular complexity index is 685. The van der Waals surface area contributed by atoms with Crippen molar-refractivity contribution < 1.29 is 23.8 Å². The number of hydrogen-bond donors (Lipinski definition) is 2. The quantitative estimate of drug-likeness (QED) is 0.710. The number of methoxy groups -OCH3 is 2. The smallest absolute Gasteiger partial charge is 0.258 e. The Labute approximate surface area is 152 Å². The molecule has 0 unspecified atom stereocenters. The number of ether oxygens (including phenoxy) is 3. The summed E-state index contributed by atoms with van der Waals surface area (Å²) in [7, 11) is 3.09. The zero-order chi connectivity index (χ0) is 18.8. The van der Waals surface area contributed by atoms with Crippen molar-refractivity contribution in [1.29, 1.82) is 0 Å². The van der Waals surface area contributed by atoms with Crippen LogP contribution in [0.3, 0.4) is 0 Å². The molecule has 7 nitrogen and oxygen atoms in total. The van der Waals surface area contributed by atoms with Crippen LogP contribution in [0.5, 0.6) is 17.2 Å². The molecule has 138 valence electrons. The van der Waals surface area contributed by atoms with Gasteiger partial charge in [0, 0.05) is 12.1 Å². The summed E-state index contributed by atoms with van der Waals surface area (Å²) in [6, 6.07) is 14.4. The van der Waals surface area contributed by atoms with Gasteiger partial charge in [0.05, 0.1) is 20.8 Å². The highest BCUT2D eigenvalue weighted by Gasteiger charge is 2.09. The molecule has 2 aromatic carbocycles. The molecule has 7 heteroatoms. The van der Waals surface area contributed by atoms with Crippen molar-refractivity contribution >= 4 is 11.8 Å². The molecule has 2 amide bonds. The number of para-hydroxylation sites is 3. The molecule has 0 aliphatic carbocycles. The van der Waals surface area contributed by atoms with E-state index in [1.165, 1.54) is 7.11 Å². The summed E-state index contributed by atoms with van der Waals surface area (Å²) in [6.45, 7) is -0.0279. The van der Waals surface area contributed by atoms with Crippen LogP contribution in [0.15, 0.2) is 48.5 Å². The first-order valence-corrected chi connectivity index (χ1v) is 8.05. The van der Waals surface area contributed by atoms with E-state index < -0.39 is 5.91 Å². The van der Waals surface area contributed by atoms with Gasteiger partial charge in [-0.05, 0) is 18.2 Å². The number of carbonyl (C=O) groups is 2. The predicted molar refractivity (Wildman–Crippen MR) is 96.3 cm³/mol. The highest BCUT2D eigenvalue weighted by molar-refractivity contribution is 5.85. The van der Waals surface area contributed by atoms with Crippen molar-refractivity contribution in [2.45, 2.75) is 6.54 Å². The maximum atomic E-state index is 11.9.